The van der Waals surface area contributed by atoms with Crippen molar-refractivity contribution in [3.8, 4) is 17.7 Å². The summed E-state index contributed by atoms with van der Waals surface area (Å²) in [5.41, 5.74) is 8.04. The fraction of sp³-hybridized carbons (Fsp3) is 0.444. The van der Waals surface area contributed by atoms with Crippen LogP contribution in [-0.4, -0.2) is 23.5 Å². The summed E-state index contributed by atoms with van der Waals surface area (Å²) in [5, 5.41) is 17.7. The Hall–Kier alpha value is -2.23. The number of rotatable bonds is 3. The first-order chi connectivity index (χ1) is 11.9. The van der Waals surface area contributed by atoms with Crippen molar-refractivity contribution in [1.82, 2.24) is 10.2 Å². The van der Waals surface area contributed by atoms with Gasteiger partial charge in [-0.15, -0.1) is 5.10 Å². The first kappa shape index (κ1) is 17.6. The van der Waals surface area contributed by atoms with E-state index in [0.717, 1.165) is 16.8 Å². The smallest absolute Gasteiger partial charge is 0.238 e. The molecule has 0 saturated heterocycles. The number of methoxy groups -OCH3 is 1. The SMILES string of the molecule is COc1cc(Cl)cc(C2(C(C)C)c3c(n[nH]c3C)OC(N)C2C#N)c1. The highest BCUT2D eigenvalue weighted by Crippen LogP contribution is 2.53. The third-order valence-corrected chi connectivity index (χ3v) is 5.25. The van der Waals surface area contributed by atoms with Gasteiger partial charge in [0.15, 0.2) is 6.23 Å². The molecule has 1 aliphatic heterocycles. The van der Waals surface area contributed by atoms with Crippen LogP contribution in [0.15, 0.2) is 18.2 Å². The number of aromatic nitrogens is 2. The molecule has 1 aliphatic rings. The Labute approximate surface area is 151 Å². The molecule has 0 aliphatic carbocycles. The predicted octanol–water partition coefficient (Wildman–Crippen LogP) is 3.14. The van der Waals surface area contributed by atoms with Crippen molar-refractivity contribution in [2.45, 2.75) is 32.4 Å². The number of nitrogens with zero attached hydrogens (tertiary/aromatic N) is 2. The van der Waals surface area contributed by atoms with Crippen LogP contribution in [0, 0.1) is 30.1 Å². The van der Waals surface area contributed by atoms with Gasteiger partial charge in [-0.25, -0.2) is 0 Å². The van der Waals surface area contributed by atoms with Gasteiger partial charge in [0, 0.05) is 16.3 Å². The summed E-state index contributed by atoms with van der Waals surface area (Å²) in [6, 6.07) is 7.87. The van der Waals surface area contributed by atoms with Crippen molar-refractivity contribution in [2.75, 3.05) is 7.11 Å². The molecule has 3 unspecified atom stereocenters. The lowest BCUT2D eigenvalue weighted by molar-refractivity contribution is 0.0735. The van der Waals surface area contributed by atoms with Crippen molar-refractivity contribution >= 4 is 11.6 Å². The van der Waals surface area contributed by atoms with Gasteiger partial charge in [-0.3, -0.25) is 10.8 Å². The number of aryl methyl sites for hydroxylation is 1. The van der Waals surface area contributed by atoms with Crippen LogP contribution in [-0.2, 0) is 5.41 Å². The molecule has 6 nitrogen and oxygen atoms in total. The van der Waals surface area contributed by atoms with Crippen molar-refractivity contribution in [3.63, 3.8) is 0 Å². The van der Waals surface area contributed by atoms with Gasteiger partial charge in [0.05, 0.1) is 18.6 Å². The first-order valence-electron chi connectivity index (χ1n) is 8.08. The second-order valence-corrected chi connectivity index (χ2v) is 7.06. The maximum Gasteiger partial charge on any atom is 0.238 e. The number of ether oxygens (including phenoxy) is 2. The lowest BCUT2D eigenvalue weighted by Crippen LogP contribution is -2.54. The van der Waals surface area contributed by atoms with E-state index in [1.54, 1.807) is 13.2 Å². The predicted molar refractivity (Wildman–Crippen MR) is 94.7 cm³/mol. The van der Waals surface area contributed by atoms with E-state index in [9.17, 15) is 5.26 Å². The minimum absolute atomic E-state index is 0.0327. The Morgan fingerprint density at radius 3 is 2.76 bits per heavy atom. The molecule has 0 saturated carbocycles. The largest absolute Gasteiger partial charge is 0.497 e. The topological polar surface area (TPSA) is 96.9 Å². The molecule has 1 aromatic carbocycles. The molecular formula is C18H21ClN4O2. The highest BCUT2D eigenvalue weighted by Gasteiger charge is 2.55. The highest BCUT2D eigenvalue weighted by atomic mass is 35.5. The van der Waals surface area contributed by atoms with Crippen LogP contribution in [0.4, 0.5) is 0 Å². The van der Waals surface area contributed by atoms with Crippen molar-refractivity contribution in [3.05, 3.63) is 40.0 Å². The monoisotopic (exact) mass is 360 g/mol. The minimum Gasteiger partial charge on any atom is -0.497 e. The Kier molecular flexibility index (Phi) is 4.40. The lowest BCUT2D eigenvalue weighted by atomic mass is 9.58. The summed E-state index contributed by atoms with van der Waals surface area (Å²) in [6.07, 6.45) is -0.799. The number of H-pyrrole nitrogens is 1. The van der Waals surface area contributed by atoms with Crippen LogP contribution in [0.1, 0.15) is 30.7 Å². The average Bonchev–Trinajstić information content (AvgIpc) is 2.93. The van der Waals surface area contributed by atoms with Gasteiger partial charge in [0.2, 0.25) is 5.88 Å². The fourth-order valence-corrected chi connectivity index (χ4v) is 4.22. The van der Waals surface area contributed by atoms with Gasteiger partial charge in [0.1, 0.15) is 11.7 Å². The van der Waals surface area contributed by atoms with Crippen LogP contribution >= 0.6 is 11.6 Å². The lowest BCUT2D eigenvalue weighted by Gasteiger charge is -2.46. The zero-order valence-corrected chi connectivity index (χ0v) is 15.4. The molecule has 3 atom stereocenters. The van der Waals surface area contributed by atoms with Gasteiger partial charge in [0.25, 0.3) is 0 Å². The van der Waals surface area contributed by atoms with Gasteiger partial charge in [-0.1, -0.05) is 25.4 Å². The van der Waals surface area contributed by atoms with E-state index in [1.165, 1.54) is 0 Å². The number of nitrogens with two attached hydrogens (primary N) is 1. The zero-order chi connectivity index (χ0) is 18.4. The van der Waals surface area contributed by atoms with Crippen LogP contribution in [0.25, 0.3) is 0 Å². The second-order valence-electron chi connectivity index (χ2n) is 6.62. The van der Waals surface area contributed by atoms with E-state index in [-0.39, 0.29) is 5.92 Å². The molecule has 3 rings (SSSR count). The average molecular weight is 361 g/mol. The molecule has 7 heteroatoms. The Bertz CT molecular complexity index is 842. The molecule has 3 N–H and O–H groups in total. The van der Waals surface area contributed by atoms with Crippen LogP contribution < -0.4 is 15.2 Å². The molecule has 2 aromatic rings. The maximum absolute atomic E-state index is 9.95. The van der Waals surface area contributed by atoms with Gasteiger partial charge in [-0.2, -0.15) is 5.26 Å². The molecule has 0 spiro atoms. The maximum atomic E-state index is 9.95. The summed E-state index contributed by atoms with van der Waals surface area (Å²) in [6.45, 7) is 6.04. The molecule has 0 radical (unpaired) electrons. The van der Waals surface area contributed by atoms with E-state index < -0.39 is 17.6 Å². The number of benzene rings is 1. The number of hydrogen-bond donors (Lipinski definition) is 2. The van der Waals surface area contributed by atoms with Gasteiger partial charge >= 0.3 is 0 Å². The normalized spacial score (nSPS) is 25.2. The molecule has 132 valence electrons. The Morgan fingerprint density at radius 1 is 1.44 bits per heavy atom. The zero-order valence-electron chi connectivity index (χ0n) is 14.6. The molecule has 2 heterocycles. The number of fused-ring (bicyclic) bond motifs is 1. The fourth-order valence-electron chi connectivity index (χ4n) is 3.99. The van der Waals surface area contributed by atoms with E-state index in [0.29, 0.717) is 16.7 Å². The molecule has 1 aromatic heterocycles. The number of nitriles is 1. The van der Waals surface area contributed by atoms with Crippen molar-refractivity contribution < 1.29 is 9.47 Å². The first-order valence-corrected chi connectivity index (χ1v) is 8.46. The van der Waals surface area contributed by atoms with Gasteiger partial charge < -0.3 is 9.47 Å². The van der Waals surface area contributed by atoms with E-state index in [4.69, 9.17) is 26.8 Å². The number of halogens is 1. The third kappa shape index (κ3) is 2.46. The molecule has 0 bridgehead atoms. The number of nitrogens with one attached hydrogen (secondary N) is 1. The van der Waals surface area contributed by atoms with E-state index in [1.807, 2.05) is 19.1 Å². The number of aromatic amines is 1. The second kappa shape index (κ2) is 6.25. The van der Waals surface area contributed by atoms with Crippen LogP contribution in [0.5, 0.6) is 11.6 Å². The Balaban J connectivity index is 2.41. The third-order valence-electron chi connectivity index (χ3n) is 5.03. The number of hydrogen-bond acceptors (Lipinski definition) is 5. The minimum atomic E-state index is -0.799. The van der Waals surface area contributed by atoms with Crippen LogP contribution in [0.3, 0.4) is 0 Å². The summed E-state index contributed by atoms with van der Waals surface area (Å²) in [5.74, 6) is 0.482. The van der Waals surface area contributed by atoms with Crippen molar-refractivity contribution in [2.24, 2.45) is 17.6 Å². The summed E-state index contributed by atoms with van der Waals surface area (Å²) >= 11 is 6.33. The molecule has 25 heavy (non-hydrogen) atoms. The van der Waals surface area contributed by atoms with Gasteiger partial charge in [-0.05, 0) is 36.6 Å². The van der Waals surface area contributed by atoms with Crippen molar-refractivity contribution in [1.29, 1.82) is 5.26 Å². The summed E-state index contributed by atoms with van der Waals surface area (Å²) in [7, 11) is 1.59. The molecule has 0 fully saturated rings. The standard InChI is InChI=1S/C18H21ClN4O2/c1-9(2)18(11-5-12(19)7-13(6-11)24-4)14(8-20)16(21)25-17-15(18)10(3)22-23-17/h5-7,9,14,16H,21H2,1-4H3,(H,22,23). The van der Waals surface area contributed by atoms with Crippen LogP contribution in [0.2, 0.25) is 5.02 Å². The van der Waals surface area contributed by atoms with E-state index in [2.05, 4.69) is 30.1 Å². The molecular weight excluding hydrogens is 340 g/mol. The summed E-state index contributed by atoms with van der Waals surface area (Å²) in [4.78, 5) is 0. The quantitative estimate of drug-likeness (QED) is 0.876. The Morgan fingerprint density at radius 2 is 2.16 bits per heavy atom. The summed E-state index contributed by atoms with van der Waals surface area (Å²) < 4.78 is 11.1. The molecule has 0 amide bonds. The highest BCUT2D eigenvalue weighted by molar-refractivity contribution is 6.30. The van der Waals surface area contributed by atoms with E-state index >= 15 is 0 Å².